The smallest absolute Gasteiger partial charge is 0.247 e. The highest BCUT2D eigenvalue weighted by Crippen LogP contribution is 2.24. The third-order valence-corrected chi connectivity index (χ3v) is 4.16. The largest absolute Gasteiger partial charge is 0.309 e. The third kappa shape index (κ3) is 3.58. The van der Waals surface area contributed by atoms with Crippen LogP contribution in [0.3, 0.4) is 0 Å². The SMILES string of the molecule is O=C(Cn1cc(Cl)cn1)Nc1cccc(-c2ccc3ccccc3c2)n1. The molecule has 0 aliphatic rings. The lowest BCUT2D eigenvalue weighted by Gasteiger charge is -2.08. The minimum atomic E-state index is -0.215. The van der Waals surface area contributed by atoms with Gasteiger partial charge < -0.3 is 5.32 Å². The fourth-order valence-electron chi connectivity index (χ4n) is 2.77. The molecule has 1 N–H and O–H groups in total. The Bertz CT molecular complexity index is 1090. The molecule has 0 saturated heterocycles. The van der Waals surface area contributed by atoms with Crippen LogP contribution in [0, 0.1) is 0 Å². The van der Waals surface area contributed by atoms with Crippen molar-refractivity contribution >= 4 is 34.1 Å². The molecule has 0 fully saturated rings. The maximum atomic E-state index is 12.2. The molecule has 0 spiro atoms. The second-order valence-corrected chi connectivity index (χ2v) is 6.31. The second kappa shape index (κ2) is 6.98. The number of aromatic nitrogens is 3. The molecule has 4 rings (SSSR count). The molecule has 0 unspecified atom stereocenters. The number of carbonyl (C=O) groups is 1. The molecule has 0 aliphatic carbocycles. The van der Waals surface area contributed by atoms with E-state index in [4.69, 9.17) is 11.6 Å². The monoisotopic (exact) mass is 362 g/mol. The number of benzene rings is 2. The highest BCUT2D eigenvalue weighted by atomic mass is 35.5. The van der Waals surface area contributed by atoms with Gasteiger partial charge in [0.15, 0.2) is 0 Å². The van der Waals surface area contributed by atoms with Crippen molar-refractivity contribution in [1.82, 2.24) is 14.8 Å². The van der Waals surface area contributed by atoms with E-state index in [1.807, 2.05) is 30.3 Å². The average Bonchev–Trinajstić information content (AvgIpc) is 3.06. The Hall–Kier alpha value is -3.18. The average molecular weight is 363 g/mol. The summed E-state index contributed by atoms with van der Waals surface area (Å²) in [6.07, 6.45) is 3.09. The summed E-state index contributed by atoms with van der Waals surface area (Å²) in [7, 11) is 0. The Morgan fingerprint density at radius 3 is 2.69 bits per heavy atom. The maximum absolute atomic E-state index is 12.2. The van der Waals surface area contributed by atoms with E-state index < -0.39 is 0 Å². The van der Waals surface area contributed by atoms with E-state index in [1.54, 1.807) is 12.3 Å². The Labute approximate surface area is 155 Å². The first-order valence-electron chi connectivity index (χ1n) is 8.11. The van der Waals surface area contributed by atoms with E-state index in [9.17, 15) is 4.79 Å². The number of halogens is 1. The molecule has 4 aromatic rings. The third-order valence-electron chi connectivity index (χ3n) is 3.97. The first kappa shape index (κ1) is 16.3. The zero-order chi connectivity index (χ0) is 17.9. The van der Waals surface area contributed by atoms with Gasteiger partial charge in [-0.1, -0.05) is 54.1 Å². The van der Waals surface area contributed by atoms with Gasteiger partial charge in [-0.2, -0.15) is 5.10 Å². The van der Waals surface area contributed by atoms with Crippen LogP contribution in [0.4, 0.5) is 5.82 Å². The summed E-state index contributed by atoms with van der Waals surface area (Å²) in [6.45, 7) is 0.0780. The van der Waals surface area contributed by atoms with Crippen molar-refractivity contribution in [2.24, 2.45) is 0 Å². The Morgan fingerprint density at radius 1 is 1.04 bits per heavy atom. The molecule has 6 heteroatoms. The van der Waals surface area contributed by atoms with Crippen LogP contribution in [0.2, 0.25) is 5.02 Å². The van der Waals surface area contributed by atoms with Crippen molar-refractivity contribution in [2.45, 2.75) is 6.54 Å². The summed E-state index contributed by atoms with van der Waals surface area (Å²) in [5, 5.41) is 9.61. The molecule has 2 heterocycles. The van der Waals surface area contributed by atoms with Crippen molar-refractivity contribution < 1.29 is 4.79 Å². The van der Waals surface area contributed by atoms with Gasteiger partial charge in [-0.15, -0.1) is 0 Å². The topological polar surface area (TPSA) is 59.8 Å². The van der Waals surface area contributed by atoms with E-state index in [-0.39, 0.29) is 12.5 Å². The molecular weight excluding hydrogens is 348 g/mol. The second-order valence-electron chi connectivity index (χ2n) is 5.87. The quantitative estimate of drug-likeness (QED) is 0.585. The molecular formula is C20H15ClN4O. The Balaban J connectivity index is 1.54. The number of fused-ring (bicyclic) bond motifs is 1. The van der Waals surface area contributed by atoms with E-state index in [2.05, 4.69) is 39.7 Å². The zero-order valence-corrected chi connectivity index (χ0v) is 14.5. The van der Waals surface area contributed by atoms with Gasteiger partial charge in [0.2, 0.25) is 5.91 Å². The highest BCUT2D eigenvalue weighted by molar-refractivity contribution is 6.30. The first-order valence-corrected chi connectivity index (χ1v) is 8.49. The number of hydrogen-bond donors (Lipinski definition) is 1. The molecule has 0 saturated carbocycles. The van der Waals surface area contributed by atoms with Gasteiger partial charge in [-0.3, -0.25) is 9.48 Å². The number of amides is 1. The Kier molecular flexibility index (Phi) is 4.37. The lowest BCUT2D eigenvalue weighted by Crippen LogP contribution is -2.19. The van der Waals surface area contributed by atoms with Crippen LogP contribution < -0.4 is 5.32 Å². The van der Waals surface area contributed by atoms with Crippen LogP contribution in [-0.4, -0.2) is 20.7 Å². The summed E-state index contributed by atoms with van der Waals surface area (Å²) in [4.78, 5) is 16.7. The van der Waals surface area contributed by atoms with Crippen molar-refractivity contribution in [2.75, 3.05) is 5.32 Å². The molecule has 26 heavy (non-hydrogen) atoms. The summed E-state index contributed by atoms with van der Waals surface area (Å²) >= 11 is 5.81. The summed E-state index contributed by atoms with van der Waals surface area (Å²) < 4.78 is 1.48. The van der Waals surface area contributed by atoms with E-state index >= 15 is 0 Å². The van der Waals surface area contributed by atoms with Crippen molar-refractivity contribution in [3.8, 4) is 11.3 Å². The van der Waals surface area contributed by atoms with Crippen LogP contribution in [0.1, 0.15) is 0 Å². The van der Waals surface area contributed by atoms with Crippen LogP contribution in [0.25, 0.3) is 22.0 Å². The van der Waals surface area contributed by atoms with Crippen LogP contribution in [0.5, 0.6) is 0 Å². The molecule has 0 atom stereocenters. The normalized spacial score (nSPS) is 10.8. The van der Waals surface area contributed by atoms with Gasteiger partial charge in [0.1, 0.15) is 12.4 Å². The number of anilines is 1. The molecule has 5 nitrogen and oxygen atoms in total. The Morgan fingerprint density at radius 2 is 1.88 bits per heavy atom. The zero-order valence-electron chi connectivity index (χ0n) is 13.8. The summed E-state index contributed by atoms with van der Waals surface area (Å²) in [5.41, 5.74) is 1.80. The fourth-order valence-corrected chi connectivity index (χ4v) is 2.92. The highest BCUT2D eigenvalue weighted by Gasteiger charge is 2.07. The molecule has 0 aliphatic heterocycles. The van der Waals surface area contributed by atoms with Crippen molar-refractivity contribution in [1.29, 1.82) is 0 Å². The standard InChI is InChI=1S/C20H15ClN4O/c21-17-11-22-25(12-17)13-20(26)24-19-7-3-6-18(23-19)16-9-8-14-4-1-2-5-15(14)10-16/h1-12H,13H2,(H,23,24,26). The van der Waals surface area contributed by atoms with E-state index in [0.717, 1.165) is 16.6 Å². The van der Waals surface area contributed by atoms with E-state index in [1.165, 1.54) is 16.3 Å². The van der Waals surface area contributed by atoms with Gasteiger partial charge in [-0.25, -0.2) is 4.98 Å². The molecule has 128 valence electrons. The predicted octanol–water partition coefficient (Wildman–Crippen LogP) is 4.39. The predicted molar refractivity (Wildman–Crippen MR) is 103 cm³/mol. The summed E-state index contributed by atoms with van der Waals surface area (Å²) in [6, 6.07) is 19.9. The lowest BCUT2D eigenvalue weighted by molar-refractivity contribution is -0.116. The van der Waals surface area contributed by atoms with Crippen molar-refractivity contribution in [3.63, 3.8) is 0 Å². The van der Waals surface area contributed by atoms with Gasteiger partial charge in [0.25, 0.3) is 0 Å². The van der Waals surface area contributed by atoms with Gasteiger partial charge >= 0.3 is 0 Å². The number of nitrogens with one attached hydrogen (secondary N) is 1. The number of carbonyl (C=O) groups excluding carboxylic acids is 1. The van der Waals surface area contributed by atoms with Crippen molar-refractivity contribution in [3.05, 3.63) is 78.1 Å². The lowest BCUT2D eigenvalue weighted by atomic mass is 10.0. The van der Waals surface area contributed by atoms with Crippen LogP contribution >= 0.6 is 11.6 Å². The summed E-state index contributed by atoms with van der Waals surface area (Å²) in [5.74, 6) is 0.284. The first-order chi connectivity index (χ1) is 12.7. The molecule has 0 bridgehead atoms. The van der Waals surface area contributed by atoms with Crippen LogP contribution in [-0.2, 0) is 11.3 Å². The molecule has 0 radical (unpaired) electrons. The minimum Gasteiger partial charge on any atom is -0.309 e. The molecule has 2 aromatic carbocycles. The number of hydrogen-bond acceptors (Lipinski definition) is 3. The fraction of sp³-hybridized carbons (Fsp3) is 0.0500. The van der Waals surface area contributed by atoms with Gasteiger partial charge in [-0.05, 0) is 29.0 Å². The van der Waals surface area contributed by atoms with Crippen LogP contribution in [0.15, 0.2) is 73.1 Å². The van der Waals surface area contributed by atoms with E-state index in [0.29, 0.717) is 10.8 Å². The molecule has 2 aromatic heterocycles. The van der Waals surface area contributed by atoms with Gasteiger partial charge in [0, 0.05) is 11.8 Å². The number of rotatable bonds is 4. The number of nitrogens with zero attached hydrogens (tertiary/aromatic N) is 3. The molecule has 1 amide bonds. The minimum absolute atomic E-state index is 0.0780. The maximum Gasteiger partial charge on any atom is 0.247 e. The number of pyridine rings is 1. The van der Waals surface area contributed by atoms with Gasteiger partial charge in [0.05, 0.1) is 16.9 Å².